The van der Waals surface area contributed by atoms with Crippen LogP contribution in [-0.2, 0) is 6.42 Å². The molecule has 6 heteroatoms. The Morgan fingerprint density at radius 1 is 1.04 bits per heavy atom. The fourth-order valence-corrected chi connectivity index (χ4v) is 2.64. The zero-order chi connectivity index (χ0) is 19.2. The molecule has 1 heterocycles. The van der Waals surface area contributed by atoms with Crippen LogP contribution in [0.15, 0.2) is 54.9 Å². The molecule has 2 aromatic carbocycles. The first-order chi connectivity index (χ1) is 13.0. The van der Waals surface area contributed by atoms with E-state index in [1.807, 2.05) is 38.1 Å². The molecule has 0 unspecified atom stereocenters. The normalized spacial score (nSPS) is 10.5. The molecule has 1 amide bonds. The van der Waals surface area contributed by atoms with Crippen molar-refractivity contribution in [1.29, 1.82) is 0 Å². The lowest BCUT2D eigenvalue weighted by Gasteiger charge is -2.10. The number of benzene rings is 2. The Morgan fingerprint density at radius 2 is 1.85 bits per heavy atom. The highest BCUT2D eigenvalue weighted by atomic mass is 19.1. The zero-order valence-corrected chi connectivity index (χ0v) is 15.3. The number of hydrogen-bond donors (Lipinski definition) is 2. The van der Waals surface area contributed by atoms with Crippen LogP contribution in [0.2, 0.25) is 0 Å². The Bertz CT molecular complexity index is 941. The molecule has 1 aromatic heterocycles. The third-order valence-corrected chi connectivity index (χ3v) is 4.40. The standard InChI is InChI=1S/C21H21FN4O/c1-14-6-5-9-18(15(14)2)26-21(27)19-12-25-20(13-24-19)23-11-10-16-7-3-4-8-17(16)22/h3-9,12-13H,10-11H2,1-2H3,(H,23,25)(H,26,27). The van der Waals surface area contributed by atoms with Crippen molar-refractivity contribution < 1.29 is 9.18 Å². The molecule has 5 nitrogen and oxygen atoms in total. The summed E-state index contributed by atoms with van der Waals surface area (Å²) in [7, 11) is 0. The summed E-state index contributed by atoms with van der Waals surface area (Å²) in [6.45, 7) is 4.47. The van der Waals surface area contributed by atoms with E-state index in [4.69, 9.17) is 0 Å². The Hall–Kier alpha value is -3.28. The van der Waals surface area contributed by atoms with Gasteiger partial charge in [-0.15, -0.1) is 0 Å². The largest absolute Gasteiger partial charge is 0.368 e. The summed E-state index contributed by atoms with van der Waals surface area (Å²) >= 11 is 0. The molecule has 3 aromatic rings. The number of amides is 1. The monoisotopic (exact) mass is 364 g/mol. The van der Waals surface area contributed by atoms with E-state index in [9.17, 15) is 9.18 Å². The molecule has 0 fully saturated rings. The summed E-state index contributed by atoms with van der Waals surface area (Å²) in [6, 6.07) is 12.4. The Labute approximate surface area is 157 Å². The van der Waals surface area contributed by atoms with Crippen molar-refractivity contribution in [2.75, 3.05) is 17.2 Å². The minimum absolute atomic E-state index is 0.219. The molecule has 3 rings (SSSR count). The van der Waals surface area contributed by atoms with Gasteiger partial charge in [0.2, 0.25) is 0 Å². The lowest BCUT2D eigenvalue weighted by atomic mass is 10.1. The van der Waals surface area contributed by atoms with Crippen LogP contribution in [0.25, 0.3) is 0 Å². The highest BCUT2D eigenvalue weighted by Crippen LogP contribution is 2.18. The summed E-state index contributed by atoms with van der Waals surface area (Å²) in [5, 5.41) is 5.93. The SMILES string of the molecule is Cc1cccc(NC(=O)c2cnc(NCCc3ccccc3F)cn2)c1C. The average molecular weight is 364 g/mol. The number of halogens is 1. The van der Waals surface area contributed by atoms with Crippen LogP contribution in [0.3, 0.4) is 0 Å². The van der Waals surface area contributed by atoms with Gasteiger partial charge in [-0.2, -0.15) is 0 Å². The smallest absolute Gasteiger partial charge is 0.275 e. The number of aromatic nitrogens is 2. The Kier molecular flexibility index (Phi) is 5.76. The predicted octanol–water partition coefficient (Wildman–Crippen LogP) is 4.14. The molecule has 0 saturated carbocycles. The van der Waals surface area contributed by atoms with Crippen LogP contribution in [-0.4, -0.2) is 22.4 Å². The highest BCUT2D eigenvalue weighted by Gasteiger charge is 2.10. The van der Waals surface area contributed by atoms with Crippen LogP contribution in [0.5, 0.6) is 0 Å². The van der Waals surface area contributed by atoms with Crippen molar-refractivity contribution in [3.8, 4) is 0 Å². The van der Waals surface area contributed by atoms with Crippen LogP contribution in [0, 0.1) is 19.7 Å². The molecular weight excluding hydrogens is 343 g/mol. The molecular formula is C21H21FN4O. The van der Waals surface area contributed by atoms with Crippen molar-refractivity contribution in [3.05, 3.63) is 83.1 Å². The van der Waals surface area contributed by atoms with Crippen molar-refractivity contribution in [1.82, 2.24) is 9.97 Å². The summed E-state index contributed by atoms with van der Waals surface area (Å²) in [4.78, 5) is 20.7. The van der Waals surface area contributed by atoms with Gasteiger partial charge in [-0.3, -0.25) is 4.79 Å². The van der Waals surface area contributed by atoms with Crippen molar-refractivity contribution in [2.45, 2.75) is 20.3 Å². The van der Waals surface area contributed by atoms with E-state index in [1.54, 1.807) is 12.1 Å². The van der Waals surface area contributed by atoms with E-state index in [0.29, 0.717) is 24.3 Å². The maximum atomic E-state index is 13.6. The van der Waals surface area contributed by atoms with E-state index >= 15 is 0 Å². The zero-order valence-electron chi connectivity index (χ0n) is 15.3. The first-order valence-electron chi connectivity index (χ1n) is 8.71. The van der Waals surface area contributed by atoms with Gasteiger partial charge in [0.1, 0.15) is 17.3 Å². The second-order valence-electron chi connectivity index (χ2n) is 6.26. The van der Waals surface area contributed by atoms with Crippen molar-refractivity contribution >= 4 is 17.4 Å². The van der Waals surface area contributed by atoms with Crippen molar-refractivity contribution in [2.24, 2.45) is 0 Å². The van der Waals surface area contributed by atoms with E-state index in [0.717, 1.165) is 16.8 Å². The second-order valence-corrected chi connectivity index (χ2v) is 6.26. The topological polar surface area (TPSA) is 66.9 Å². The van der Waals surface area contributed by atoms with E-state index in [-0.39, 0.29) is 17.4 Å². The van der Waals surface area contributed by atoms with Gasteiger partial charge in [-0.05, 0) is 49.1 Å². The van der Waals surface area contributed by atoms with E-state index < -0.39 is 0 Å². The number of aryl methyl sites for hydroxylation is 1. The lowest BCUT2D eigenvalue weighted by molar-refractivity contribution is 0.102. The average Bonchev–Trinajstić information content (AvgIpc) is 2.67. The number of rotatable bonds is 6. The van der Waals surface area contributed by atoms with Gasteiger partial charge in [0.05, 0.1) is 12.4 Å². The quantitative estimate of drug-likeness (QED) is 0.690. The number of nitrogens with zero attached hydrogens (tertiary/aromatic N) is 2. The summed E-state index contributed by atoms with van der Waals surface area (Å²) < 4.78 is 13.6. The first-order valence-corrected chi connectivity index (χ1v) is 8.71. The summed E-state index contributed by atoms with van der Waals surface area (Å²) in [5.41, 5.74) is 3.76. The third-order valence-electron chi connectivity index (χ3n) is 4.40. The fourth-order valence-electron chi connectivity index (χ4n) is 2.64. The van der Waals surface area contributed by atoms with Gasteiger partial charge in [0.25, 0.3) is 5.91 Å². The third kappa shape index (κ3) is 4.67. The lowest BCUT2D eigenvalue weighted by Crippen LogP contribution is -2.16. The van der Waals surface area contributed by atoms with Gasteiger partial charge in [0.15, 0.2) is 0 Å². The molecule has 0 aliphatic rings. The highest BCUT2D eigenvalue weighted by molar-refractivity contribution is 6.03. The van der Waals surface area contributed by atoms with E-state index in [1.165, 1.54) is 18.5 Å². The first kappa shape index (κ1) is 18.5. The molecule has 2 N–H and O–H groups in total. The number of nitrogens with one attached hydrogen (secondary N) is 2. The van der Waals surface area contributed by atoms with Gasteiger partial charge in [-0.1, -0.05) is 30.3 Å². The Morgan fingerprint density at radius 3 is 2.59 bits per heavy atom. The van der Waals surface area contributed by atoms with Crippen molar-refractivity contribution in [3.63, 3.8) is 0 Å². The van der Waals surface area contributed by atoms with Gasteiger partial charge < -0.3 is 10.6 Å². The maximum Gasteiger partial charge on any atom is 0.275 e. The molecule has 0 saturated heterocycles. The summed E-state index contributed by atoms with van der Waals surface area (Å²) in [5.74, 6) is 0.00702. The molecule has 0 aliphatic heterocycles. The minimum atomic E-state index is -0.311. The molecule has 0 radical (unpaired) electrons. The number of carbonyl (C=O) groups is 1. The second kappa shape index (κ2) is 8.40. The van der Waals surface area contributed by atoms with Crippen LogP contribution in [0.1, 0.15) is 27.2 Å². The van der Waals surface area contributed by atoms with Crippen LogP contribution < -0.4 is 10.6 Å². The summed E-state index contributed by atoms with van der Waals surface area (Å²) in [6.07, 6.45) is 3.45. The van der Waals surface area contributed by atoms with Gasteiger partial charge in [0, 0.05) is 12.2 Å². The Balaban J connectivity index is 1.57. The van der Waals surface area contributed by atoms with Gasteiger partial charge in [-0.25, -0.2) is 14.4 Å². The van der Waals surface area contributed by atoms with Gasteiger partial charge >= 0.3 is 0 Å². The predicted molar refractivity (Wildman–Crippen MR) is 104 cm³/mol. The number of hydrogen-bond acceptors (Lipinski definition) is 4. The number of carbonyl (C=O) groups excluding carboxylic acids is 1. The van der Waals surface area contributed by atoms with Crippen LogP contribution >= 0.6 is 0 Å². The molecule has 27 heavy (non-hydrogen) atoms. The number of anilines is 2. The van der Waals surface area contributed by atoms with E-state index in [2.05, 4.69) is 20.6 Å². The molecule has 0 bridgehead atoms. The molecule has 0 spiro atoms. The fraction of sp³-hybridized carbons (Fsp3) is 0.190. The van der Waals surface area contributed by atoms with Crippen LogP contribution in [0.4, 0.5) is 15.9 Å². The molecule has 138 valence electrons. The maximum absolute atomic E-state index is 13.6. The molecule has 0 atom stereocenters. The minimum Gasteiger partial charge on any atom is -0.368 e. The molecule has 0 aliphatic carbocycles.